The summed E-state index contributed by atoms with van der Waals surface area (Å²) in [7, 11) is 0. The summed E-state index contributed by atoms with van der Waals surface area (Å²) in [5.74, 6) is 0. The summed E-state index contributed by atoms with van der Waals surface area (Å²) in [6, 6.07) is 7.41. The third kappa shape index (κ3) is 4.76. The van der Waals surface area contributed by atoms with Crippen LogP contribution in [0.15, 0.2) is 29.4 Å². The lowest BCUT2D eigenvalue weighted by atomic mass is 10.2. The second-order valence-electron chi connectivity index (χ2n) is 2.78. The fraction of sp³-hybridized carbons (Fsp3) is 0.200. The Hall–Kier alpha value is -1.13. The molecule has 0 saturated carbocycles. The van der Waals surface area contributed by atoms with Crippen LogP contribution in [0.5, 0.6) is 0 Å². The van der Waals surface area contributed by atoms with Crippen molar-refractivity contribution in [1.29, 1.82) is 0 Å². The Bertz CT molecular complexity index is 365. The summed E-state index contributed by atoms with van der Waals surface area (Å²) in [4.78, 5) is 0. The highest BCUT2D eigenvalue weighted by atomic mass is 35.5. The smallest absolute Gasteiger partial charge is 0.186 e. The summed E-state index contributed by atoms with van der Waals surface area (Å²) in [6.45, 7) is 2.74. The molecular formula is C10H12ClN3S. The Labute approximate surface area is 99.5 Å². The van der Waals surface area contributed by atoms with Gasteiger partial charge in [0.05, 0.1) is 6.21 Å². The second-order valence-corrected chi connectivity index (χ2v) is 3.63. The molecule has 5 heteroatoms. The molecule has 2 N–H and O–H groups in total. The molecule has 1 aromatic rings. The van der Waals surface area contributed by atoms with Gasteiger partial charge in [0.1, 0.15) is 0 Å². The zero-order chi connectivity index (χ0) is 11.1. The fourth-order valence-electron chi connectivity index (χ4n) is 0.952. The van der Waals surface area contributed by atoms with E-state index in [9.17, 15) is 0 Å². The highest BCUT2D eigenvalue weighted by Crippen LogP contribution is 2.08. The Kier molecular flexibility index (Phi) is 5.07. The number of hydrogen-bond donors (Lipinski definition) is 2. The number of benzene rings is 1. The largest absolute Gasteiger partial charge is 0.362 e. The Morgan fingerprint density at radius 3 is 3.07 bits per heavy atom. The molecule has 0 heterocycles. The quantitative estimate of drug-likeness (QED) is 0.484. The zero-order valence-electron chi connectivity index (χ0n) is 8.33. The maximum absolute atomic E-state index is 5.82. The molecule has 0 amide bonds. The van der Waals surface area contributed by atoms with Crippen LogP contribution in [0.25, 0.3) is 0 Å². The summed E-state index contributed by atoms with van der Waals surface area (Å²) in [5, 5.41) is 8.09. The van der Waals surface area contributed by atoms with E-state index in [1.54, 1.807) is 6.21 Å². The first kappa shape index (κ1) is 11.9. The van der Waals surface area contributed by atoms with Crippen molar-refractivity contribution in [3.63, 3.8) is 0 Å². The standard InChI is InChI=1S/C10H12ClN3S/c1-2-12-10(15)14-13-7-8-4-3-5-9(11)6-8/h3-7H,2H2,1H3,(H2,12,14,15)/b13-7+. The topological polar surface area (TPSA) is 36.4 Å². The first-order valence-corrected chi connectivity index (χ1v) is 5.33. The third-order valence-corrected chi connectivity index (χ3v) is 2.04. The molecule has 0 radical (unpaired) electrons. The zero-order valence-corrected chi connectivity index (χ0v) is 9.90. The van der Waals surface area contributed by atoms with Crippen molar-refractivity contribution in [1.82, 2.24) is 10.7 Å². The van der Waals surface area contributed by atoms with Gasteiger partial charge in [-0.25, -0.2) is 0 Å². The van der Waals surface area contributed by atoms with Gasteiger partial charge in [0.15, 0.2) is 5.11 Å². The molecule has 0 unspecified atom stereocenters. The third-order valence-electron chi connectivity index (χ3n) is 1.57. The molecule has 0 aromatic heterocycles. The summed E-state index contributed by atoms with van der Waals surface area (Å²) in [6.07, 6.45) is 1.66. The van der Waals surface area contributed by atoms with Crippen LogP contribution in [0, 0.1) is 0 Å². The van der Waals surface area contributed by atoms with Crippen LogP contribution in [0.3, 0.4) is 0 Å². The van der Waals surface area contributed by atoms with Crippen molar-refractivity contribution in [2.24, 2.45) is 5.10 Å². The van der Waals surface area contributed by atoms with E-state index in [0.717, 1.165) is 12.1 Å². The molecular weight excluding hydrogens is 230 g/mol. The van der Waals surface area contributed by atoms with Crippen molar-refractivity contribution in [3.8, 4) is 0 Å². The van der Waals surface area contributed by atoms with Gasteiger partial charge in [-0.1, -0.05) is 23.7 Å². The number of rotatable bonds is 3. The van der Waals surface area contributed by atoms with E-state index in [0.29, 0.717) is 10.1 Å². The van der Waals surface area contributed by atoms with E-state index in [4.69, 9.17) is 23.8 Å². The van der Waals surface area contributed by atoms with Crippen LogP contribution in [-0.2, 0) is 0 Å². The molecule has 0 bridgehead atoms. The van der Waals surface area contributed by atoms with Gasteiger partial charge in [-0.2, -0.15) is 5.10 Å². The molecule has 0 aliphatic carbocycles. The molecule has 0 atom stereocenters. The van der Waals surface area contributed by atoms with Gasteiger partial charge >= 0.3 is 0 Å². The minimum Gasteiger partial charge on any atom is -0.362 e. The molecule has 0 aliphatic heterocycles. The molecule has 1 rings (SSSR count). The maximum atomic E-state index is 5.82. The predicted octanol–water partition coefficient (Wildman–Crippen LogP) is 2.16. The second kappa shape index (κ2) is 6.37. The van der Waals surface area contributed by atoms with Gasteiger partial charge in [-0.3, -0.25) is 5.43 Å². The average Bonchev–Trinajstić information content (AvgIpc) is 2.18. The first-order valence-electron chi connectivity index (χ1n) is 4.55. The molecule has 0 saturated heterocycles. The molecule has 1 aromatic carbocycles. The minimum atomic E-state index is 0.510. The normalized spacial score (nSPS) is 10.3. The molecule has 80 valence electrons. The fourth-order valence-corrected chi connectivity index (χ4v) is 1.35. The molecule has 3 nitrogen and oxygen atoms in total. The Morgan fingerprint density at radius 1 is 1.60 bits per heavy atom. The van der Waals surface area contributed by atoms with Gasteiger partial charge < -0.3 is 5.32 Å². The van der Waals surface area contributed by atoms with Gasteiger partial charge in [-0.05, 0) is 36.8 Å². The lowest BCUT2D eigenvalue weighted by Crippen LogP contribution is -2.31. The lowest BCUT2D eigenvalue weighted by Gasteiger charge is -2.02. The van der Waals surface area contributed by atoms with Crippen LogP contribution < -0.4 is 10.7 Å². The van der Waals surface area contributed by atoms with E-state index in [1.165, 1.54) is 0 Å². The first-order chi connectivity index (χ1) is 7.22. The number of nitrogens with one attached hydrogen (secondary N) is 2. The van der Waals surface area contributed by atoms with Crippen LogP contribution >= 0.6 is 23.8 Å². The van der Waals surface area contributed by atoms with E-state index in [2.05, 4.69) is 15.8 Å². The van der Waals surface area contributed by atoms with Crippen molar-refractivity contribution in [2.75, 3.05) is 6.54 Å². The molecule has 0 fully saturated rings. The van der Waals surface area contributed by atoms with E-state index < -0.39 is 0 Å². The van der Waals surface area contributed by atoms with Crippen LogP contribution in [0.2, 0.25) is 5.02 Å². The number of hydrazone groups is 1. The number of halogens is 1. The van der Waals surface area contributed by atoms with E-state index >= 15 is 0 Å². The average molecular weight is 242 g/mol. The van der Waals surface area contributed by atoms with Crippen molar-refractivity contribution >= 4 is 35.1 Å². The van der Waals surface area contributed by atoms with Crippen molar-refractivity contribution < 1.29 is 0 Å². The van der Waals surface area contributed by atoms with Crippen molar-refractivity contribution in [2.45, 2.75) is 6.92 Å². The van der Waals surface area contributed by atoms with Gasteiger partial charge in [0, 0.05) is 11.6 Å². The number of thiocarbonyl (C=S) groups is 1. The minimum absolute atomic E-state index is 0.510. The lowest BCUT2D eigenvalue weighted by molar-refractivity contribution is 0.904. The Balaban J connectivity index is 2.48. The van der Waals surface area contributed by atoms with Crippen molar-refractivity contribution in [3.05, 3.63) is 34.9 Å². The van der Waals surface area contributed by atoms with Gasteiger partial charge in [-0.15, -0.1) is 0 Å². The molecule has 0 spiro atoms. The van der Waals surface area contributed by atoms with E-state index in [1.807, 2.05) is 31.2 Å². The highest BCUT2D eigenvalue weighted by Gasteiger charge is 1.90. The van der Waals surface area contributed by atoms with Gasteiger partial charge in [0.2, 0.25) is 0 Å². The summed E-state index contributed by atoms with van der Waals surface area (Å²) < 4.78 is 0. The Morgan fingerprint density at radius 2 is 2.40 bits per heavy atom. The predicted molar refractivity (Wildman–Crippen MR) is 68.5 cm³/mol. The summed E-state index contributed by atoms with van der Waals surface area (Å²) >= 11 is 10.7. The number of nitrogens with zero attached hydrogens (tertiary/aromatic N) is 1. The monoisotopic (exact) mass is 241 g/mol. The molecule has 0 aliphatic rings. The summed E-state index contributed by atoms with van der Waals surface area (Å²) in [5.41, 5.74) is 3.62. The van der Waals surface area contributed by atoms with Gasteiger partial charge in [0.25, 0.3) is 0 Å². The molecule has 15 heavy (non-hydrogen) atoms. The van der Waals surface area contributed by atoms with Crippen LogP contribution in [0.1, 0.15) is 12.5 Å². The maximum Gasteiger partial charge on any atom is 0.186 e. The van der Waals surface area contributed by atoms with Crippen LogP contribution in [0.4, 0.5) is 0 Å². The highest BCUT2D eigenvalue weighted by molar-refractivity contribution is 7.80. The van der Waals surface area contributed by atoms with Crippen LogP contribution in [-0.4, -0.2) is 17.9 Å². The SMILES string of the molecule is CCNC(=S)N/N=C/c1cccc(Cl)c1. The number of hydrogen-bond acceptors (Lipinski definition) is 2. The van der Waals surface area contributed by atoms with E-state index in [-0.39, 0.29) is 0 Å².